The van der Waals surface area contributed by atoms with E-state index in [0.717, 1.165) is 11.3 Å². The number of anilines is 1. The maximum Gasteiger partial charge on any atom is 0.321 e. The number of hydrogen-bond donors (Lipinski definition) is 1. The lowest BCUT2D eigenvalue weighted by atomic mass is 10.2. The highest BCUT2D eigenvalue weighted by Crippen LogP contribution is 2.28. The summed E-state index contributed by atoms with van der Waals surface area (Å²) in [5, 5.41) is 6.92. The van der Waals surface area contributed by atoms with Gasteiger partial charge in [-0.1, -0.05) is 17.3 Å². The van der Waals surface area contributed by atoms with Crippen LogP contribution in [-0.2, 0) is 4.74 Å². The number of benzene rings is 1. The van der Waals surface area contributed by atoms with Crippen molar-refractivity contribution in [2.24, 2.45) is 0 Å². The molecule has 0 saturated heterocycles. The predicted molar refractivity (Wildman–Crippen MR) is 71.3 cm³/mol. The zero-order valence-corrected chi connectivity index (χ0v) is 11.0. The van der Waals surface area contributed by atoms with Crippen molar-refractivity contribution >= 4 is 6.01 Å². The molecule has 0 saturated carbocycles. The van der Waals surface area contributed by atoms with Crippen LogP contribution in [0.15, 0.2) is 28.8 Å². The van der Waals surface area contributed by atoms with Crippen molar-refractivity contribution in [2.75, 3.05) is 32.2 Å². The van der Waals surface area contributed by atoms with Crippen molar-refractivity contribution in [3.05, 3.63) is 24.3 Å². The number of ether oxygens (including phenoxy) is 2. The molecule has 0 amide bonds. The second-order valence-electron chi connectivity index (χ2n) is 3.77. The Morgan fingerprint density at radius 2 is 2.16 bits per heavy atom. The van der Waals surface area contributed by atoms with Crippen LogP contribution in [0.5, 0.6) is 5.75 Å². The number of rotatable bonds is 7. The minimum Gasteiger partial charge on any atom is -0.493 e. The smallest absolute Gasteiger partial charge is 0.321 e. The molecule has 0 fully saturated rings. The number of nitrogens with one attached hydrogen (secondary N) is 1. The molecule has 102 valence electrons. The Labute approximate surface area is 111 Å². The zero-order valence-electron chi connectivity index (χ0n) is 11.0. The van der Waals surface area contributed by atoms with Gasteiger partial charge in [0.25, 0.3) is 0 Å². The minimum atomic E-state index is 0.373. The molecule has 0 unspecified atom stereocenters. The summed E-state index contributed by atoms with van der Waals surface area (Å²) in [6, 6.07) is 7.97. The monoisotopic (exact) mass is 263 g/mol. The average molecular weight is 263 g/mol. The fourth-order valence-corrected chi connectivity index (χ4v) is 1.60. The molecule has 19 heavy (non-hydrogen) atoms. The SMILES string of the molecule is CCOc1ccccc1-c1noc(NCCOC)n1. The first-order valence-electron chi connectivity index (χ1n) is 6.14. The van der Waals surface area contributed by atoms with Crippen LogP contribution in [-0.4, -0.2) is 37.0 Å². The Bertz CT molecular complexity index is 513. The average Bonchev–Trinajstić information content (AvgIpc) is 2.89. The molecule has 2 rings (SSSR count). The van der Waals surface area contributed by atoms with E-state index in [1.165, 1.54) is 0 Å². The predicted octanol–water partition coefficient (Wildman–Crippen LogP) is 2.19. The van der Waals surface area contributed by atoms with Gasteiger partial charge in [-0.2, -0.15) is 4.98 Å². The van der Waals surface area contributed by atoms with Gasteiger partial charge >= 0.3 is 6.01 Å². The van der Waals surface area contributed by atoms with Crippen LogP contribution < -0.4 is 10.1 Å². The first-order chi connectivity index (χ1) is 9.35. The van der Waals surface area contributed by atoms with Gasteiger partial charge in [-0.15, -0.1) is 0 Å². The van der Waals surface area contributed by atoms with E-state index in [2.05, 4.69) is 15.5 Å². The van der Waals surface area contributed by atoms with Gasteiger partial charge in [-0.05, 0) is 19.1 Å². The van der Waals surface area contributed by atoms with Gasteiger partial charge in [0.2, 0.25) is 5.82 Å². The summed E-state index contributed by atoms with van der Waals surface area (Å²) in [5.41, 5.74) is 0.813. The fourth-order valence-electron chi connectivity index (χ4n) is 1.60. The van der Waals surface area contributed by atoms with Crippen molar-refractivity contribution in [3.63, 3.8) is 0 Å². The molecule has 6 heteroatoms. The van der Waals surface area contributed by atoms with Crippen molar-refractivity contribution in [3.8, 4) is 17.1 Å². The van der Waals surface area contributed by atoms with Gasteiger partial charge in [0.15, 0.2) is 0 Å². The normalized spacial score (nSPS) is 10.4. The van der Waals surface area contributed by atoms with Gasteiger partial charge in [0, 0.05) is 13.7 Å². The van der Waals surface area contributed by atoms with Crippen LogP contribution in [0.2, 0.25) is 0 Å². The molecule has 0 aliphatic heterocycles. The lowest BCUT2D eigenvalue weighted by Crippen LogP contribution is -2.07. The van der Waals surface area contributed by atoms with Gasteiger partial charge < -0.3 is 19.3 Å². The summed E-state index contributed by atoms with van der Waals surface area (Å²) in [7, 11) is 1.64. The largest absolute Gasteiger partial charge is 0.493 e. The van der Waals surface area contributed by atoms with Gasteiger partial charge in [0.05, 0.1) is 18.8 Å². The van der Waals surface area contributed by atoms with Gasteiger partial charge in [-0.3, -0.25) is 0 Å². The highest BCUT2D eigenvalue weighted by Gasteiger charge is 2.12. The molecule has 0 spiro atoms. The maximum atomic E-state index is 5.54. The lowest BCUT2D eigenvalue weighted by Gasteiger charge is -2.05. The van der Waals surface area contributed by atoms with Crippen molar-refractivity contribution in [1.29, 1.82) is 0 Å². The Morgan fingerprint density at radius 3 is 2.95 bits per heavy atom. The van der Waals surface area contributed by atoms with Crippen LogP contribution in [0.3, 0.4) is 0 Å². The minimum absolute atomic E-state index is 0.373. The quantitative estimate of drug-likeness (QED) is 0.772. The highest BCUT2D eigenvalue weighted by molar-refractivity contribution is 5.64. The topological polar surface area (TPSA) is 69.4 Å². The van der Waals surface area contributed by atoms with Gasteiger partial charge in [-0.25, -0.2) is 0 Å². The van der Waals surface area contributed by atoms with E-state index in [1.54, 1.807) is 7.11 Å². The second-order valence-corrected chi connectivity index (χ2v) is 3.77. The molecule has 1 N–H and O–H groups in total. The summed E-state index contributed by atoms with van der Waals surface area (Å²) in [6.07, 6.45) is 0. The number of para-hydroxylation sites is 1. The Morgan fingerprint density at radius 1 is 1.32 bits per heavy atom. The van der Waals surface area contributed by atoms with E-state index in [9.17, 15) is 0 Å². The number of nitrogens with zero attached hydrogens (tertiary/aromatic N) is 2. The molecule has 6 nitrogen and oxygen atoms in total. The Kier molecular flexibility index (Phi) is 4.74. The van der Waals surface area contributed by atoms with Crippen LogP contribution >= 0.6 is 0 Å². The van der Waals surface area contributed by atoms with E-state index in [0.29, 0.717) is 31.6 Å². The lowest BCUT2D eigenvalue weighted by molar-refractivity contribution is 0.210. The third kappa shape index (κ3) is 3.45. The molecule has 0 aliphatic carbocycles. The first kappa shape index (κ1) is 13.4. The molecule has 0 atom stereocenters. The molecule has 2 aromatic rings. The van der Waals surface area contributed by atoms with Crippen LogP contribution in [0.1, 0.15) is 6.92 Å². The fraction of sp³-hybridized carbons (Fsp3) is 0.385. The van der Waals surface area contributed by atoms with Crippen LogP contribution in [0, 0.1) is 0 Å². The van der Waals surface area contributed by atoms with Crippen molar-refractivity contribution in [1.82, 2.24) is 10.1 Å². The van der Waals surface area contributed by atoms with E-state index < -0.39 is 0 Å². The van der Waals surface area contributed by atoms with E-state index >= 15 is 0 Å². The first-order valence-corrected chi connectivity index (χ1v) is 6.14. The van der Waals surface area contributed by atoms with E-state index in [4.69, 9.17) is 14.0 Å². The van der Waals surface area contributed by atoms with Crippen molar-refractivity contribution < 1.29 is 14.0 Å². The molecular weight excluding hydrogens is 246 g/mol. The molecule has 0 bridgehead atoms. The molecule has 0 radical (unpaired) electrons. The van der Waals surface area contributed by atoms with Crippen LogP contribution in [0.25, 0.3) is 11.4 Å². The van der Waals surface area contributed by atoms with Crippen molar-refractivity contribution in [2.45, 2.75) is 6.92 Å². The third-order valence-electron chi connectivity index (χ3n) is 2.44. The number of methoxy groups -OCH3 is 1. The van der Waals surface area contributed by atoms with Crippen LogP contribution in [0.4, 0.5) is 6.01 Å². The molecular formula is C13H17N3O3. The molecule has 1 aromatic heterocycles. The standard InChI is InChI=1S/C13H17N3O3/c1-3-18-11-7-5-4-6-10(11)12-15-13(19-16-12)14-8-9-17-2/h4-7H,3,8-9H2,1-2H3,(H,14,15,16). The Hall–Kier alpha value is -2.08. The zero-order chi connectivity index (χ0) is 13.5. The van der Waals surface area contributed by atoms with E-state index in [-0.39, 0.29) is 0 Å². The number of aromatic nitrogens is 2. The summed E-state index contributed by atoms with van der Waals surface area (Å²) in [4.78, 5) is 4.27. The summed E-state index contributed by atoms with van der Waals surface area (Å²) >= 11 is 0. The summed E-state index contributed by atoms with van der Waals surface area (Å²) in [6.45, 7) is 3.72. The van der Waals surface area contributed by atoms with Gasteiger partial charge in [0.1, 0.15) is 5.75 Å². The number of hydrogen-bond acceptors (Lipinski definition) is 6. The maximum absolute atomic E-state index is 5.54. The highest BCUT2D eigenvalue weighted by atomic mass is 16.5. The molecule has 0 aliphatic rings. The second kappa shape index (κ2) is 6.75. The summed E-state index contributed by atoms with van der Waals surface area (Å²) in [5.74, 6) is 1.25. The van der Waals surface area contributed by atoms with E-state index in [1.807, 2.05) is 31.2 Å². The molecule has 1 heterocycles. The molecule has 1 aromatic carbocycles. The Balaban J connectivity index is 2.13. The summed E-state index contributed by atoms with van der Waals surface area (Å²) < 4.78 is 15.6. The third-order valence-corrected chi connectivity index (χ3v) is 2.44.